The second-order valence-corrected chi connectivity index (χ2v) is 4.60. The third-order valence-electron chi connectivity index (χ3n) is 1.49. The first-order valence-electron chi connectivity index (χ1n) is 4.11. The first-order chi connectivity index (χ1) is 6.52. The second-order valence-electron chi connectivity index (χ2n) is 2.99. The Morgan fingerprint density at radius 3 is 2.33 bits per heavy atom. The van der Waals surface area contributed by atoms with Crippen molar-refractivity contribution in [1.29, 1.82) is 0 Å². The van der Waals surface area contributed by atoms with Crippen LogP contribution < -0.4 is 0 Å². The van der Waals surface area contributed by atoms with Gasteiger partial charge in [0.05, 0.1) is 11.5 Å². The molecule has 0 bridgehead atoms. The van der Waals surface area contributed by atoms with Crippen LogP contribution in [0.2, 0.25) is 0 Å². The molecule has 0 amide bonds. The zero-order chi connectivity index (χ0) is 10.6. The Balaban J connectivity index is 0.00000196. The van der Waals surface area contributed by atoms with E-state index in [2.05, 4.69) is 6.58 Å². The second kappa shape index (κ2) is 6.95. The van der Waals surface area contributed by atoms with Crippen molar-refractivity contribution < 1.29 is 12.6 Å². The van der Waals surface area contributed by atoms with E-state index in [4.69, 9.17) is 4.18 Å². The molecule has 0 fully saturated rings. The molecule has 15 heavy (non-hydrogen) atoms. The molecule has 0 saturated carbocycles. The van der Waals surface area contributed by atoms with Crippen molar-refractivity contribution in [2.45, 2.75) is 11.8 Å². The van der Waals surface area contributed by atoms with Crippen LogP contribution in [0.1, 0.15) is 6.92 Å². The summed E-state index contributed by atoms with van der Waals surface area (Å²) in [5.74, 6) is 0. The average molecular weight is 252 g/mol. The van der Waals surface area contributed by atoms with Gasteiger partial charge in [-0.15, -0.1) is 0 Å². The van der Waals surface area contributed by atoms with Crippen LogP contribution in [0.15, 0.2) is 47.4 Å². The number of hydrogen-bond acceptors (Lipinski definition) is 3. The Bertz CT molecular complexity index is 412. The van der Waals surface area contributed by atoms with Gasteiger partial charge in [-0.3, -0.25) is 4.18 Å². The molecule has 0 aliphatic rings. The molecule has 0 saturated heterocycles. The molecule has 1 aromatic carbocycles. The summed E-state index contributed by atoms with van der Waals surface area (Å²) in [4.78, 5) is 0.168. The van der Waals surface area contributed by atoms with Crippen molar-refractivity contribution >= 4 is 61.5 Å². The summed E-state index contributed by atoms with van der Waals surface area (Å²) in [6.07, 6.45) is 0. The Morgan fingerprint density at radius 1 is 1.33 bits per heavy atom. The number of hydrogen-bond donors (Lipinski definition) is 0. The van der Waals surface area contributed by atoms with Gasteiger partial charge in [-0.05, 0) is 19.1 Å². The quantitative estimate of drug-likeness (QED) is 0.461. The van der Waals surface area contributed by atoms with Gasteiger partial charge in [0.15, 0.2) is 0 Å². The predicted octanol–water partition coefficient (Wildman–Crippen LogP) is 1.32. The molecule has 3 nitrogen and oxygen atoms in total. The van der Waals surface area contributed by atoms with E-state index in [9.17, 15) is 8.42 Å². The number of benzene rings is 1. The summed E-state index contributed by atoms with van der Waals surface area (Å²) in [5, 5.41) is 0. The van der Waals surface area contributed by atoms with Crippen molar-refractivity contribution in [3.05, 3.63) is 42.5 Å². The molecule has 78 valence electrons. The SMILES string of the molecule is C=C(C)COS(=O)(=O)c1ccccc1.[KH]. The zero-order valence-electron chi connectivity index (χ0n) is 7.93. The van der Waals surface area contributed by atoms with Gasteiger partial charge < -0.3 is 0 Å². The van der Waals surface area contributed by atoms with Gasteiger partial charge in [0.2, 0.25) is 0 Å². The van der Waals surface area contributed by atoms with Crippen molar-refractivity contribution in [2.75, 3.05) is 6.61 Å². The third-order valence-corrected chi connectivity index (χ3v) is 2.77. The van der Waals surface area contributed by atoms with Gasteiger partial charge in [0.25, 0.3) is 10.1 Å². The van der Waals surface area contributed by atoms with Gasteiger partial charge in [0.1, 0.15) is 0 Å². The Labute approximate surface area is 133 Å². The zero-order valence-corrected chi connectivity index (χ0v) is 8.75. The molecule has 0 aliphatic carbocycles. The van der Waals surface area contributed by atoms with Crippen LogP contribution in [0.5, 0.6) is 0 Å². The monoisotopic (exact) mass is 252 g/mol. The summed E-state index contributed by atoms with van der Waals surface area (Å²) in [6.45, 7) is 5.30. The fourth-order valence-electron chi connectivity index (χ4n) is 0.833. The van der Waals surface area contributed by atoms with E-state index in [1.165, 1.54) is 12.1 Å². The van der Waals surface area contributed by atoms with Gasteiger partial charge in [-0.2, -0.15) is 8.42 Å². The molecular formula is C10H13KO3S. The van der Waals surface area contributed by atoms with Crippen LogP contribution in [-0.4, -0.2) is 66.4 Å². The minimum absolute atomic E-state index is 0. The van der Waals surface area contributed by atoms with Crippen molar-refractivity contribution in [3.63, 3.8) is 0 Å². The van der Waals surface area contributed by atoms with Crippen molar-refractivity contribution in [2.24, 2.45) is 0 Å². The number of rotatable bonds is 4. The summed E-state index contributed by atoms with van der Waals surface area (Å²) >= 11 is 0. The average Bonchev–Trinajstić information content (AvgIpc) is 2.16. The normalized spacial score (nSPS) is 10.5. The third kappa shape index (κ3) is 5.40. The summed E-state index contributed by atoms with van der Waals surface area (Å²) in [5.41, 5.74) is 0.671. The van der Waals surface area contributed by atoms with E-state index >= 15 is 0 Å². The molecule has 5 heteroatoms. The van der Waals surface area contributed by atoms with Gasteiger partial charge in [-0.25, -0.2) is 0 Å². The molecule has 0 aliphatic heterocycles. The molecule has 0 radical (unpaired) electrons. The maximum absolute atomic E-state index is 11.5. The van der Waals surface area contributed by atoms with E-state index in [1.807, 2.05) is 0 Å². The fraction of sp³-hybridized carbons (Fsp3) is 0.200. The molecule has 1 rings (SSSR count). The molecule has 0 spiro atoms. The predicted molar refractivity (Wildman–Crippen MR) is 61.5 cm³/mol. The molecule has 0 unspecified atom stereocenters. The maximum atomic E-state index is 11.5. The Morgan fingerprint density at radius 2 is 1.87 bits per heavy atom. The van der Waals surface area contributed by atoms with Crippen molar-refractivity contribution in [1.82, 2.24) is 0 Å². The van der Waals surface area contributed by atoms with E-state index in [1.54, 1.807) is 25.1 Å². The van der Waals surface area contributed by atoms with E-state index in [0.717, 1.165) is 0 Å². The van der Waals surface area contributed by atoms with Crippen molar-refractivity contribution in [3.8, 4) is 0 Å². The first kappa shape index (κ1) is 15.5. The van der Waals surface area contributed by atoms with Gasteiger partial charge >= 0.3 is 51.4 Å². The Kier molecular flexibility index (Phi) is 7.19. The van der Waals surface area contributed by atoms with Crippen LogP contribution in [0.3, 0.4) is 0 Å². The standard InChI is InChI=1S/C10H12O3S.K.H/c1-9(2)8-13-14(11,12)10-6-4-3-5-7-10;;/h3-7H,1,8H2,2H3;;. The molecule has 0 N–H and O–H groups in total. The van der Waals surface area contributed by atoms with E-state index in [-0.39, 0.29) is 62.9 Å². The van der Waals surface area contributed by atoms with E-state index < -0.39 is 10.1 Å². The van der Waals surface area contributed by atoms with Crippen LogP contribution in [0, 0.1) is 0 Å². The van der Waals surface area contributed by atoms with Gasteiger partial charge in [-0.1, -0.05) is 30.4 Å². The Hall–Kier alpha value is 0.506. The fourth-order valence-corrected chi connectivity index (χ4v) is 1.82. The molecule has 0 heterocycles. The molecule has 0 aromatic heterocycles. The van der Waals surface area contributed by atoms with Crippen LogP contribution in [0.4, 0.5) is 0 Å². The van der Waals surface area contributed by atoms with Crippen LogP contribution in [-0.2, 0) is 14.3 Å². The summed E-state index contributed by atoms with van der Waals surface area (Å²) in [6, 6.07) is 8.04. The van der Waals surface area contributed by atoms with Gasteiger partial charge in [0, 0.05) is 0 Å². The first-order valence-corrected chi connectivity index (χ1v) is 5.52. The molecular weight excluding hydrogens is 239 g/mol. The van der Waals surface area contributed by atoms with Crippen LogP contribution in [0.25, 0.3) is 0 Å². The van der Waals surface area contributed by atoms with Crippen LogP contribution >= 0.6 is 0 Å². The summed E-state index contributed by atoms with van der Waals surface area (Å²) in [7, 11) is -3.62. The molecule has 0 atom stereocenters. The minimum atomic E-state index is -3.62. The summed E-state index contributed by atoms with van der Waals surface area (Å²) < 4.78 is 27.7. The topological polar surface area (TPSA) is 43.4 Å². The molecule has 1 aromatic rings. The van der Waals surface area contributed by atoms with E-state index in [0.29, 0.717) is 5.57 Å².